The zero-order valence-electron chi connectivity index (χ0n) is 14.9. The monoisotopic (exact) mass is 360 g/mol. The fourth-order valence-corrected chi connectivity index (χ4v) is 3.62. The highest BCUT2D eigenvalue weighted by atomic mass is 32.1. The maximum atomic E-state index is 12.5. The minimum absolute atomic E-state index is 0.355. The van der Waals surface area contributed by atoms with Crippen molar-refractivity contribution < 1.29 is 0 Å². The number of H-pyrrole nitrogens is 1. The molecule has 0 aliphatic rings. The van der Waals surface area contributed by atoms with Crippen molar-refractivity contribution in [3.8, 4) is 10.7 Å². The van der Waals surface area contributed by atoms with E-state index >= 15 is 0 Å². The maximum Gasteiger partial charge on any atom is 0.330 e. The van der Waals surface area contributed by atoms with Crippen LogP contribution >= 0.6 is 11.3 Å². The summed E-state index contributed by atoms with van der Waals surface area (Å²) in [5, 5.41) is 2.00. The highest BCUT2D eigenvalue weighted by molar-refractivity contribution is 7.13. The van der Waals surface area contributed by atoms with E-state index in [1.807, 2.05) is 22.1 Å². The van der Waals surface area contributed by atoms with Crippen molar-refractivity contribution in [2.24, 2.45) is 5.92 Å². The number of rotatable bonds is 7. The molecule has 3 rings (SSSR count). The van der Waals surface area contributed by atoms with Crippen molar-refractivity contribution in [3.63, 3.8) is 0 Å². The number of aromatic nitrogens is 4. The molecular weight excluding hydrogens is 336 g/mol. The van der Waals surface area contributed by atoms with E-state index in [1.165, 1.54) is 0 Å². The van der Waals surface area contributed by atoms with E-state index in [0.717, 1.165) is 30.0 Å². The van der Waals surface area contributed by atoms with Crippen LogP contribution in [0, 0.1) is 5.92 Å². The van der Waals surface area contributed by atoms with Crippen LogP contribution < -0.4 is 11.2 Å². The van der Waals surface area contributed by atoms with Gasteiger partial charge in [0.1, 0.15) is 0 Å². The summed E-state index contributed by atoms with van der Waals surface area (Å²) in [5.74, 6) is 1.28. The van der Waals surface area contributed by atoms with Gasteiger partial charge < -0.3 is 4.57 Å². The van der Waals surface area contributed by atoms with E-state index in [4.69, 9.17) is 4.98 Å². The third-order valence-corrected chi connectivity index (χ3v) is 5.16. The fraction of sp³-hybridized carbons (Fsp3) is 0.500. The Morgan fingerprint density at radius 2 is 2.04 bits per heavy atom. The normalized spacial score (nSPS) is 11.7. The molecule has 0 spiro atoms. The van der Waals surface area contributed by atoms with Crippen LogP contribution in [0.3, 0.4) is 0 Å². The first-order valence-corrected chi connectivity index (χ1v) is 9.68. The first-order valence-electron chi connectivity index (χ1n) is 8.80. The summed E-state index contributed by atoms with van der Waals surface area (Å²) < 4.78 is 3.57. The number of unbranched alkanes of at least 4 members (excludes halogenated alkanes) is 1. The van der Waals surface area contributed by atoms with Gasteiger partial charge in [0.2, 0.25) is 0 Å². The zero-order chi connectivity index (χ0) is 18.0. The van der Waals surface area contributed by atoms with E-state index in [2.05, 4.69) is 25.8 Å². The van der Waals surface area contributed by atoms with E-state index in [-0.39, 0.29) is 11.2 Å². The molecule has 3 aromatic heterocycles. The van der Waals surface area contributed by atoms with Crippen molar-refractivity contribution in [2.75, 3.05) is 0 Å². The highest BCUT2D eigenvalue weighted by Crippen LogP contribution is 2.27. The van der Waals surface area contributed by atoms with Gasteiger partial charge in [-0.25, -0.2) is 9.78 Å². The highest BCUT2D eigenvalue weighted by Gasteiger charge is 2.20. The lowest BCUT2D eigenvalue weighted by molar-refractivity contribution is 0.524. The molecule has 1 N–H and O–H groups in total. The third kappa shape index (κ3) is 3.46. The number of imidazole rings is 1. The van der Waals surface area contributed by atoms with Gasteiger partial charge in [0.15, 0.2) is 17.0 Å². The number of fused-ring (bicyclic) bond motifs is 1. The minimum Gasteiger partial charge on any atom is -0.317 e. The number of thiophene rings is 1. The number of hydrogen-bond acceptors (Lipinski definition) is 4. The zero-order valence-corrected chi connectivity index (χ0v) is 15.7. The van der Waals surface area contributed by atoms with Crippen LogP contribution in [0.15, 0.2) is 27.1 Å². The van der Waals surface area contributed by atoms with Crippen LogP contribution in [0.1, 0.15) is 40.0 Å². The van der Waals surface area contributed by atoms with Gasteiger partial charge in [-0.15, -0.1) is 11.3 Å². The standard InChI is InChI=1S/C18H24N4O2S/c1-4-5-9-22-16-14(17(23)20-18(22)24)21(10-8-12(2)3)15(19-16)13-7-6-11-25-13/h6-7,11-12H,4-5,8-10H2,1-3H3,(H,20,23,24). The van der Waals surface area contributed by atoms with Crippen LogP contribution in [0.2, 0.25) is 0 Å². The molecule has 0 fully saturated rings. The molecule has 0 atom stereocenters. The average molecular weight is 360 g/mol. The molecule has 25 heavy (non-hydrogen) atoms. The van der Waals surface area contributed by atoms with Crippen LogP contribution in [-0.2, 0) is 13.1 Å². The number of aromatic amines is 1. The topological polar surface area (TPSA) is 72.7 Å². The summed E-state index contributed by atoms with van der Waals surface area (Å²) >= 11 is 1.59. The van der Waals surface area contributed by atoms with E-state index in [1.54, 1.807) is 15.9 Å². The molecule has 6 nitrogen and oxygen atoms in total. The first kappa shape index (κ1) is 17.7. The molecule has 134 valence electrons. The molecule has 0 radical (unpaired) electrons. The smallest absolute Gasteiger partial charge is 0.317 e. The van der Waals surface area contributed by atoms with Crippen LogP contribution in [0.25, 0.3) is 21.9 Å². The van der Waals surface area contributed by atoms with Crippen molar-refractivity contribution in [1.82, 2.24) is 19.1 Å². The molecule has 0 unspecified atom stereocenters. The lowest BCUT2D eigenvalue weighted by atomic mass is 10.1. The van der Waals surface area contributed by atoms with Crippen molar-refractivity contribution in [2.45, 2.75) is 53.1 Å². The summed E-state index contributed by atoms with van der Waals surface area (Å²) in [6, 6.07) is 3.97. The molecule has 3 heterocycles. The Morgan fingerprint density at radius 3 is 2.68 bits per heavy atom. The molecule has 0 amide bonds. The van der Waals surface area contributed by atoms with Gasteiger partial charge in [0.25, 0.3) is 5.56 Å². The van der Waals surface area contributed by atoms with Gasteiger partial charge in [-0.2, -0.15) is 0 Å². The quantitative estimate of drug-likeness (QED) is 0.701. The van der Waals surface area contributed by atoms with Crippen LogP contribution in [0.4, 0.5) is 0 Å². The Morgan fingerprint density at radius 1 is 1.24 bits per heavy atom. The number of hydrogen-bond donors (Lipinski definition) is 1. The molecular formula is C18H24N4O2S. The molecule has 0 saturated heterocycles. The van der Waals surface area contributed by atoms with Crippen LogP contribution in [-0.4, -0.2) is 19.1 Å². The number of nitrogens with one attached hydrogen (secondary N) is 1. The predicted molar refractivity (Wildman–Crippen MR) is 102 cm³/mol. The summed E-state index contributed by atoms with van der Waals surface area (Å²) in [6.45, 7) is 7.66. The van der Waals surface area contributed by atoms with E-state index < -0.39 is 0 Å². The third-order valence-electron chi connectivity index (χ3n) is 4.29. The Bertz CT molecular complexity index is 964. The molecule has 0 saturated carbocycles. The Kier molecular flexibility index (Phi) is 5.22. The lowest BCUT2D eigenvalue weighted by Crippen LogP contribution is -2.31. The SMILES string of the molecule is CCCCn1c(=O)[nH]c(=O)c2c1nc(-c1cccs1)n2CCC(C)C. The minimum atomic E-state index is -0.378. The summed E-state index contributed by atoms with van der Waals surface area (Å²) in [4.78, 5) is 33.0. The largest absolute Gasteiger partial charge is 0.330 e. The molecule has 3 aromatic rings. The maximum absolute atomic E-state index is 12.5. The second-order valence-corrected chi connectivity index (χ2v) is 7.63. The van der Waals surface area contributed by atoms with Crippen molar-refractivity contribution in [3.05, 3.63) is 38.4 Å². The Labute approximate surface area is 150 Å². The van der Waals surface area contributed by atoms with Gasteiger partial charge in [-0.3, -0.25) is 14.3 Å². The lowest BCUT2D eigenvalue weighted by Gasteiger charge is -2.10. The number of aryl methyl sites for hydroxylation is 2. The fourth-order valence-electron chi connectivity index (χ4n) is 2.90. The summed E-state index contributed by atoms with van der Waals surface area (Å²) in [5.41, 5.74) is 0.262. The molecule has 0 aromatic carbocycles. The second kappa shape index (κ2) is 7.39. The van der Waals surface area contributed by atoms with E-state index in [9.17, 15) is 9.59 Å². The molecule has 0 bridgehead atoms. The van der Waals surface area contributed by atoms with Gasteiger partial charge in [0.05, 0.1) is 4.88 Å². The predicted octanol–water partition coefficient (Wildman–Crippen LogP) is 3.46. The summed E-state index contributed by atoms with van der Waals surface area (Å²) in [6.07, 6.45) is 2.78. The first-order chi connectivity index (χ1) is 12.0. The molecule has 0 aliphatic carbocycles. The van der Waals surface area contributed by atoms with Crippen molar-refractivity contribution >= 4 is 22.5 Å². The number of nitrogens with zero attached hydrogens (tertiary/aromatic N) is 3. The van der Waals surface area contributed by atoms with E-state index in [0.29, 0.717) is 30.2 Å². The molecule has 7 heteroatoms. The van der Waals surface area contributed by atoms with Crippen LogP contribution in [0.5, 0.6) is 0 Å². The molecule has 0 aliphatic heterocycles. The Hall–Kier alpha value is -2.15. The average Bonchev–Trinajstić information content (AvgIpc) is 3.20. The van der Waals surface area contributed by atoms with Gasteiger partial charge in [-0.05, 0) is 30.2 Å². The van der Waals surface area contributed by atoms with Gasteiger partial charge in [0, 0.05) is 13.1 Å². The van der Waals surface area contributed by atoms with Gasteiger partial charge in [-0.1, -0.05) is 33.3 Å². The Balaban J connectivity index is 2.26. The van der Waals surface area contributed by atoms with Crippen molar-refractivity contribution in [1.29, 1.82) is 0 Å². The summed E-state index contributed by atoms with van der Waals surface area (Å²) in [7, 11) is 0. The second-order valence-electron chi connectivity index (χ2n) is 6.68. The van der Waals surface area contributed by atoms with Gasteiger partial charge >= 0.3 is 5.69 Å².